The number of hydrogen-bond acceptors (Lipinski definition) is 4. The topological polar surface area (TPSA) is 60.2 Å². The van der Waals surface area contributed by atoms with Crippen molar-refractivity contribution in [2.75, 3.05) is 13.1 Å². The number of hydrogen-bond donors (Lipinski definition) is 0. The number of morpholine rings is 1. The van der Waals surface area contributed by atoms with Crippen LogP contribution >= 0.6 is 0 Å². The summed E-state index contributed by atoms with van der Waals surface area (Å²) < 4.78 is 7.21. The van der Waals surface area contributed by atoms with E-state index in [9.17, 15) is 4.79 Å². The van der Waals surface area contributed by atoms with Gasteiger partial charge in [-0.05, 0) is 20.8 Å². The maximum atomic E-state index is 12.1. The van der Waals surface area contributed by atoms with Crippen molar-refractivity contribution in [3.8, 4) is 0 Å². The van der Waals surface area contributed by atoms with E-state index in [-0.39, 0.29) is 24.7 Å². The molecule has 1 saturated heterocycles. The minimum Gasteiger partial charge on any atom is -0.372 e. The van der Waals surface area contributed by atoms with Crippen LogP contribution in [0.15, 0.2) is 6.20 Å². The van der Waals surface area contributed by atoms with Gasteiger partial charge in [0.15, 0.2) is 0 Å². The van der Waals surface area contributed by atoms with Crippen LogP contribution in [0.25, 0.3) is 0 Å². The maximum Gasteiger partial charge on any atom is 0.244 e. The largest absolute Gasteiger partial charge is 0.372 e. The number of aryl methyl sites for hydroxylation is 1. The molecule has 0 aromatic carbocycles. The molecular weight excluding hydrogens is 220 g/mol. The molecule has 6 heteroatoms. The average Bonchev–Trinajstić information content (AvgIpc) is 2.63. The Bertz CT molecular complexity index is 394. The van der Waals surface area contributed by atoms with Crippen molar-refractivity contribution in [2.45, 2.75) is 39.5 Å². The second-order valence-electron chi connectivity index (χ2n) is 4.59. The highest BCUT2D eigenvalue weighted by Gasteiger charge is 2.26. The summed E-state index contributed by atoms with van der Waals surface area (Å²) in [5.41, 5.74) is 0.896. The van der Waals surface area contributed by atoms with Crippen LogP contribution in [0.3, 0.4) is 0 Å². The van der Waals surface area contributed by atoms with Crippen molar-refractivity contribution in [3.63, 3.8) is 0 Å². The van der Waals surface area contributed by atoms with Gasteiger partial charge >= 0.3 is 0 Å². The summed E-state index contributed by atoms with van der Waals surface area (Å²) in [5.74, 6) is 0.0700. The molecule has 2 atom stereocenters. The second-order valence-corrected chi connectivity index (χ2v) is 4.59. The third-order valence-electron chi connectivity index (χ3n) is 2.87. The first-order chi connectivity index (χ1) is 8.06. The van der Waals surface area contributed by atoms with Gasteiger partial charge in [0, 0.05) is 13.1 Å². The lowest BCUT2D eigenvalue weighted by Crippen LogP contribution is -2.49. The molecule has 2 unspecified atom stereocenters. The fourth-order valence-corrected chi connectivity index (χ4v) is 2.07. The number of rotatable bonds is 2. The Balaban J connectivity index is 1.98. The Morgan fingerprint density at radius 1 is 1.47 bits per heavy atom. The summed E-state index contributed by atoms with van der Waals surface area (Å²) in [5, 5.41) is 7.64. The molecule has 0 bridgehead atoms. The Morgan fingerprint density at radius 2 is 2.12 bits per heavy atom. The van der Waals surface area contributed by atoms with Crippen LogP contribution in [-0.2, 0) is 16.1 Å². The van der Waals surface area contributed by atoms with Gasteiger partial charge in [-0.3, -0.25) is 4.79 Å². The van der Waals surface area contributed by atoms with Crippen LogP contribution < -0.4 is 0 Å². The standard InChI is InChI=1S/C11H18N4O2/c1-8-4-12-13-15(8)7-11(16)14-5-9(2)17-10(3)6-14/h4,9-10H,5-7H2,1-3H3. The molecule has 17 heavy (non-hydrogen) atoms. The zero-order valence-electron chi connectivity index (χ0n) is 10.5. The molecule has 1 fully saturated rings. The zero-order valence-corrected chi connectivity index (χ0v) is 10.5. The predicted octanol–water partition coefficient (Wildman–Crippen LogP) is 0.222. The average molecular weight is 238 g/mol. The minimum absolute atomic E-state index is 0.0700. The van der Waals surface area contributed by atoms with Crippen molar-refractivity contribution in [2.24, 2.45) is 0 Å². The third-order valence-corrected chi connectivity index (χ3v) is 2.87. The van der Waals surface area contributed by atoms with Crippen molar-refractivity contribution in [3.05, 3.63) is 11.9 Å². The lowest BCUT2D eigenvalue weighted by molar-refractivity contribution is -0.144. The normalized spacial score (nSPS) is 25.0. The fourth-order valence-electron chi connectivity index (χ4n) is 2.07. The molecule has 1 aliphatic rings. The van der Waals surface area contributed by atoms with E-state index in [0.717, 1.165) is 5.69 Å². The summed E-state index contributed by atoms with van der Waals surface area (Å²) in [6, 6.07) is 0. The molecule has 0 aliphatic carbocycles. The quantitative estimate of drug-likeness (QED) is 0.739. The van der Waals surface area contributed by atoms with Gasteiger partial charge in [0.2, 0.25) is 5.91 Å². The Morgan fingerprint density at radius 3 is 2.65 bits per heavy atom. The van der Waals surface area contributed by atoms with E-state index in [0.29, 0.717) is 13.1 Å². The highest BCUT2D eigenvalue weighted by Crippen LogP contribution is 2.11. The number of ether oxygens (including phenoxy) is 1. The molecule has 94 valence electrons. The van der Waals surface area contributed by atoms with Gasteiger partial charge in [0.05, 0.1) is 24.1 Å². The van der Waals surface area contributed by atoms with E-state index in [1.165, 1.54) is 0 Å². The summed E-state index contributed by atoms with van der Waals surface area (Å²) >= 11 is 0. The van der Waals surface area contributed by atoms with Gasteiger partial charge in [-0.25, -0.2) is 4.68 Å². The first-order valence-corrected chi connectivity index (χ1v) is 5.84. The van der Waals surface area contributed by atoms with Crippen LogP contribution in [0.5, 0.6) is 0 Å². The minimum atomic E-state index is 0.0700. The molecule has 0 radical (unpaired) electrons. The molecule has 0 spiro atoms. The SMILES string of the molecule is Cc1cnnn1CC(=O)N1CC(C)OC(C)C1. The third kappa shape index (κ3) is 2.82. The lowest BCUT2D eigenvalue weighted by atomic mass is 10.2. The lowest BCUT2D eigenvalue weighted by Gasteiger charge is -2.35. The van der Waals surface area contributed by atoms with E-state index >= 15 is 0 Å². The van der Waals surface area contributed by atoms with Crippen molar-refractivity contribution >= 4 is 5.91 Å². The van der Waals surface area contributed by atoms with Crippen molar-refractivity contribution < 1.29 is 9.53 Å². The van der Waals surface area contributed by atoms with E-state index in [2.05, 4.69) is 10.3 Å². The Hall–Kier alpha value is -1.43. The van der Waals surface area contributed by atoms with Crippen LogP contribution in [0.1, 0.15) is 19.5 Å². The van der Waals surface area contributed by atoms with Crippen LogP contribution in [0.2, 0.25) is 0 Å². The number of carbonyl (C=O) groups is 1. The molecular formula is C11H18N4O2. The van der Waals surface area contributed by atoms with E-state index in [4.69, 9.17) is 4.74 Å². The molecule has 1 aliphatic heterocycles. The van der Waals surface area contributed by atoms with E-state index in [1.54, 1.807) is 10.9 Å². The maximum absolute atomic E-state index is 12.1. The van der Waals surface area contributed by atoms with Gasteiger partial charge in [-0.2, -0.15) is 0 Å². The van der Waals surface area contributed by atoms with Crippen molar-refractivity contribution in [1.82, 2.24) is 19.9 Å². The number of nitrogens with zero attached hydrogens (tertiary/aromatic N) is 4. The molecule has 2 heterocycles. The Kier molecular flexibility index (Phi) is 3.42. The first-order valence-electron chi connectivity index (χ1n) is 5.84. The number of carbonyl (C=O) groups excluding carboxylic acids is 1. The van der Waals surface area contributed by atoms with Gasteiger partial charge in [-0.1, -0.05) is 5.21 Å². The molecule has 1 aromatic heterocycles. The molecule has 0 saturated carbocycles. The fraction of sp³-hybridized carbons (Fsp3) is 0.727. The summed E-state index contributed by atoms with van der Waals surface area (Å²) in [6.07, 6.45) is 1.84. The summed E-state index contributed by atoms with van der Waals surface area (Å²) in [4.78, 5) is 13.9. The molecule has 2 rings (SSSR count). The van der Waals surface area contributed by atoms with Crippen LogP contribution in [0.4, 0.5) is 0 Å². The highest BCUT2D eigenvalue weighted by molar-refractivity contribution is 5.76. The summed E-state index contributed by atoms with van der Waals surface area (Å²) in [7, 11) is 0. The van der Waals surface area contributed by atoms with Gasteiger partial charge < -0.3 is 9.64 Å². The number of amides is 1. The summed E-state index contributed by atoms with van der Waals surface area (Å²) in [6.45, 7) is 7.41. The molecule has 0 N–H and O–H groups in total. The second kappa shape index (κ2) is 4.83. The zero-order chi connectivity index (χ0) is 12.4. The van der Waals surface area contributed by atoms with Crippen LogP contribution in [-0.4, -0.2) is 51.1 Å². The molecule has 1 amide bonds. The van der Waals surface area contributed by atoms with Gasteiger partial charge in [0.25, 0.3) is 0 Å². The Labute approximate surface area is 101 Å². The monoisotopic (exact) mass is 238 g/mol. The van der Waals surface area contributed by atoms with Crippen molar-refractivity contribution in [1.29, 1.82) is 0 Å². The number of aromatic nitrogens is 3. The molecule has 6 nitrogen and oxygen atoms in total. The smallest absolute Gasteiger partial charge is 0.244 e. The van der Waals surface area contributed by atoms with Gasteiger partial charge in [0.1, 0.15) is 6.54 Å². The first kappa shape index (κ1) is 12.0. The van der Waals surface area contributed by atoms with Crippen LogP contribution in [0, 0.1) is 6.92 Å². The predicted molar refractivity (Wildman–Crippen MR) is 61.3 cm³/mol. The highest BCUT2D eigenvalue weighted by atomic mass is 16.5. The van der Waals surface area contributed by atoms with E-state index in [1.807, 2.05) is 25.7 Å². The van der Waals surface area contributed by atoms with Gasteiger partial charge in [-0.15, -0.1) is 5.10 Å². The molecule has 1 aromatic rings. The van der Waals surface area contributed by atoms with E-state index < -0.39 is 0 Å².